The number of nitrogens with one attached hydrogen (secondary N) is 1. The minimum absolute atomic E-state index is 0.262. The number of benzene rings is 1. The number of rotatable bonds is 1. The zero-order valence-corrected chi connectivity index (χ0v) is 10.7. The third-order valence-electron chi connectivity index (χ3n) is 3.37. The van der Waals surface area contributed by atoms with Gasteiger partial charge in [-0.15, -0.1) is 0 Å². The molecule has 0 aliphatic rings. The van der Waals surface area contributed by atoms with Gasteiger partial charge in [0.2, 0.25) is 0 Å². The van der Waals surface area contributed by atoms with E-state index in [4.69, 9.17) is 0 Å². The number of fused-ring (bicyclic) bond motifs is 3. The van der Waals surface area contributed by atoms with Crippen molar-refractivity contribution in [3.63, 3.8) is 0 Å². The molecule has 4 aromatic rings. The lowest BCUT2D eigenvalue weighted by molar-refractivity contribution is 0.629. The summed E-state index contributed by atoms with van der Waals surface area (Å²) < 4.78 is 14.8. The Morgan fingerprint density at radius 3 is 2.81 bits per heavy atom. The molecule has 0 unspecified atom stereocenters. The number of nitrogens with zero attached hydrogens (tertiary/aromatic N) is 3. The zero-order chi connectivity index (χ0) is 14.4. The molecule has 0 fully saturated rings. The quantitative estimate of drug-likeness (QED) is 0.582. The van der Waals surface area contributed by atoms with Crippen molar-refractivity contribution in [2.45, 2.75) is 0 Å². The fourth-order valence-corrected chi connectivity index (χ4v) is 2.38. The van der Waals surface area contributed by atoms with Gasteiger partial charge in [0, 0.05) is 17.8 Å². The van der Waals surface area contributed by atoms with E-state index in [0.29, 0.717) is 27.6 Å². The first-order chi connectivity index (χ1) is 10.2. The Hall–Kier alpha value is -3.02. The SMILES string of the molecule is O=c1c2cnc3ccc(F)cc3c2[nH]n1-c1ccccn1. The first-order valence-electron chi connectivity index (χ1n) is 6.34. The Morgan fingerprint density at radius 2 is 2.00 bits per heavy atom. The summed E-state index contributed by atoms with van der Waals surface area (Å²) in [4.78, 5) is 20.8. The lowest BCUT2D eigenvalue weighted by Gasteiger charge is -1.99. The Balaban J connectivity index is 2.13. The van der Waals surface area contributed by atoms with Crippen LogP contribution in [0, 0.1) is 5.82 Å². The highest BCUT2D eigenvalue weighted by Crippen LogP contribution is 2.21. The summed E-state index contributed by atoms with van der Waals surface area (Å²) in [6.07, 6.45) is 3.09. The minimum Gasteiger partial charge on any atom is -0.288 e. The smallest absolute Gasteiger partial charge is 0.282 e. The normalized spacial score (nSPS) is 11.3. The molecule has 3 aromatic heterocycles. The fraction of sp³-hybridized carbons (Fsp3) is 0. The molecule has 0 saturated carbocycles. The third kappa shape index (κ3) is 1.73. The van der Waals surface area contributed by atoms with E-state index in [9.17, 15) is 9.18 Å². The first-order valence-corrected chi connectivity index (χ1v) is 6.34. The summed E-state index contributed by atoms with van der Waals surface area (Å²) >= 11 is 0. The van der Waals surface area contributed by atoms with Crippen LogP contribution in [0.4, 0.5) is 4.39 Å². The number of aromatic nitrogens is 4. The van der Waals surface area contributed by atoms with Crippen LogP contribution in [0.2, 0.25) is 0 Å². The molecule has 1 N–H and O–H groups in total. The van der Waals surface area contributed by atoms with E-state index in [2.05, 4.69) is 15.1 Å². The first kappa shape index (κ1) is 11.8. The summed E-state index contributed by atoms with van der Waals surface area (Å²) in [5.74, 6) is 0.103. The van der Waals surface area contributed by atoms with Crippen molar-refractivity contribution >= 4 is 21.8 Å². The van der Waals surface area contributed by atoms with Crippen LogP contribution in [0.25, 0.3) is 27.6 Å². The molecular weight excluding hydrogens is 271 g/mol. The molecule has 0 aliphatic heterocycles. The van der Waals surface area contributed by atoms with Gasteiger partial charge in [0.1, 0.15) is 5.82 Å². The predicted octanol–water partition coefficient (Wildman–Crippen LogP) is 2.40. The number of hydrogen-bond acceptors (Lipinski definition) is 3. The van der Waals surface area contributed by atoms with Crippen LogP contribution in [-0.2, 0) is 0 Å². The van der Waals surface area contributed by atoms with Crippen molar-refractivity contribution < 1.29 is 4.39 Å². The minimum atomic E-state index is -0.372. The Morgan fingerprint density at radius 1 is 1.10 bits per heavy atom. The van der Waals surface area contributed by atoms with E-state index in [-0.39, 0.29) is 11.4 Å². The highest BCUT2D eigenvalue weighted by Gasteiger charge is 2.12. The van der Waals surface area contributed by atoms with Crippen LogP contribution in [0.15, 0.2) is 53.6 Å². The Bertz CT molecular complexity index is 1020. The van der Waals surface area contributed by atoms with Gasteiger partial charge in [0.15, 0.2) is 5.82 Å². The van der Waals surface area contributed by atoms with Gasteiger partial charge in [-0.25, -0.2) is 14.1 Å². The summed E-state index contributed by atoms with van der Waals surface area (Å²) in [5, 5.41) is 3.96. The van der Waals surface area contributed by atoms with Crippen LogP contribution in [0.1, 0.15) is 0 Å². The van der Waals surface area contributed by atoms with Crippen LogP contribution in [0.5, 0.6) is 0 Å². The number of H-pyrrole nitrogens is 1. The molecule has 102 valence electrons. The second-order valence-electron chi connectivity index (χ2n) is 4.65. The highest BCUT2D eigenvalue weighted by atomic mass is 19.1. The topological polar surface area (TPSA) is 63.6 Å². The van der Waals surface area contributed by atoms with Crippen molar-refractivity contribution in [3.05, 3.63) is 65.0 Å². The van der Waals surface area contributed by atoms with Crippen molar-refractivity contribution in [3.8, 4) is 5.82 Å². The number of pyridine rings is 2. The van der Waals surface area contributed by atoms with E-state index in [1.807, 2.05) is 0 Å². The van der Waals surface area contributed by atoms with Gasteiger partial charge in [-0.2, -0.15) is 0 Å². The zero-order valence-electron chi connectivity index (χ0n) is 10.7. The average molecular weight is 280 g/mol. The Kier molecular flexibility index (Phi) is 2.38. The van der Waals surface area contributed by atoms with Crippen LogP contribution in [0.3, 0.4) is 0 Å². The van der Waals surface area contributed by atoms with Crippen molar-refractivity contribution in [1.29, 1.82) is 0 Å². The molecule has 3 heterocycles. The van der Waals surface area contributed by atoms with Gasteiger partial charge in [0.05, 0.1) is 16.4 Å². The second kappa shape index (κ2) is 4.24. The third-order valence-corrected chi connectivity index (χ3v) is 3.37. The molecule has 6 heteroatoms. The van der Waals surface area contributed by atoms with Gasteiger partial charge in [0.25, 0.3) is 5.56 Å². The molecule has 21 heavy (non-hydrogen) atoms. The summed E-state index contributed by atoms with van der Waals surface area (Å²) in [6.45, 7) is 0. The highest BCUT2D eigenvalue weighted by molar-refractivity contribution is 6.02. The fourth-order valence-electron chi connectivity index (χ4n) is 2.38. The van der Waals surface area contributed by atoms with E-state index in [1.165, 1.54) is 23.0 Å². The molecule has 0 bridgehead atoms. The molecule has 0 atom stereocenters. The van der Waals surface area contributed by atoms with Gasteiger partial charge >= 0.3 is 0 Å². The van der Waals surface area contributed by atoms with Gasteiger partial charge in [-0.05, 0) is 30.3 Å². The molecule has 4 rings (SSSR count). The summed E-state index contributed by atoms with van der Waals surface area (Å²) in [7, 11) is 0. The maximum atomic E-state index is 13.5. The van der Waals surface area contributed by atoms with Gasteiger partial charge in [-0.3, -0.25) is 14.9 Å². The molecule has 1 aromatic carbocycles. The lowest BCUT2D eigenvalue weighted by atomic mass is 10.2. The number of aromatic amines is 1. The second-order valence-corrected chi connectivity index (χ2v) is 4.65. The Labute approximate surface area is 117 Å². The predicted molar refractivity (Wildman–Crippen MR) is 76.9 cm³/mol. The van der Waals surface area contributed by atoms with Gasteiger partial charge in [-0.1, -0.05) is 6.07 Å². The van der Waals surface area contributed by atoms with Gasteiger partial charge < -0.3 is 0 Å². The average Bonchev–Trinajstić information content (AvgIpc) is 2.86. The maximum Gasteiger partial charge on any atom is 0.282 e. The van der Waals surface area contributed by atoms with E-state index in [1.54, 1.807) is 30.5 Å². The molecule has 0 aliphatic carbocycles. The van der Waals surface area contributed by atoms with Crippen LogP contribution < -0.4 is 5.56 Å². The number of hydrogen-bond donors (Lipinski definition) is 1. The summed E-state index contributed by atoms with van der Waals surface area (Å²) in [6, 6.07) is 9.56. The molecular formula is C15H9FN4O. The van der Waals surface area contributed by atoms with Crippen molar-refractivity contribution in [2.24, 2.45) is 0 Å². The van der Waals surface area contributed by atoms with Crippen molar-refractivity contribution in [2.75, 3.05) is 0 Å². The van der Waals surface area contributed by atoms with Crippen molar-refractivity contribution in [1.82, 2.24) is 19.7 Å². The van der Waals surface area contributed by atoms with E-state index >= 15 is 0 Å². The van der Waals surface area contributed by atoms with Crippen LogP contribution >= 0.6 is 0 Å². The van der Waals surface area contributed by atoms with E-state index in [0.717, 1.165) is 0 Å². The lowest BCUT2D eigenvalue weighted by Crippen LogP contribution is -2.15. The van der Waals surface area contributed by atoms with Crippen LogP contribution in [-0.4, -0.2) is 19.7 Å². The molecule has 0 saturated heterocycles. The molecule has 0 amide bonds. The molecule has 5 nitrogen and oxygen atoms in total. The molecule has 0 radical (unpaired) electrons. The monoisotopic (exact) mass is 280 g/mol. The largest absolute Gasteiger partial charge is 0.288 e. The summed E-state index contributed by atoms with van der Waals surface area (Å²) in [5.41, 5.74) is 0.913. The maximum absolute atomic E-state index is 13.5. The standard InChI is InChI=1S/C15H9FN4O/c16-9-4-5-12-10(7-9)14-11(8-18-12)15(21)20(19-14)13-3-1-2-6-17-13/h1-8,19H. The number of halogens is 1. The van der Waals surface area contributed by atoms with E-state index < -0.39 is 0 Å². The molecule has 0 spiro atoms.